The molecule has 0 saturated heterocycles. The number of benzene rings is 2. The SMILES string of the molecule is CCC(=O)N1CCc2cc(Br)cc(S(=O)(=O)Nc3ccc(C(C)C)cc3)c21. The zero-order valence-electron chi connectivity index (χ0n) is 15.6. The van der Waals surface area contributed by atoms with Gasteiger partial charge in [0.25, 0.3) is 10.0 Å². The van der Waals surface area contributed by atoms with E-state index in [0.717, 1.165) is 11.1 Å². The van der Waals surface area contributed by atoms with Crippen molar-refractivity contribution in [1.29, 1.82) is 0 Å². The molecule has 2 aromatic carbocycles. The number of halogens is 1. The van der Waals surface area contributed by atoms with Crippen LogP contribution >= 0.6 is 15.9 Å². The number of carbonyl (C=O) groups is 1. The second-order valence-corrected chi connectivity index (χ2v) is 9.51. The van der Waals surface area contributed by atoms with Crippen LogP contribution in [0.2, 0.25) is 0 Å². The lowest BCUT2D eigenvalue weighted by atomic mass is 10.0. The van der Waals surface area contributed by atoms with Crippen LogP contribution in [-0.4, -0.2) is 20.9 Å². The Bertz CT molecular complexity index is 969. The number of nitrogens with one attached hydrogen (secondary N) is 1. The summed E-state index contributed by atoms with van der Waals surface area (Å²) in [4.78, 5) is 14.0. The van der Waals surface area contributed by atoms with Gasteiger partial charge in [-0.2, -0.15) is 0 Å². The molecule has 0 spiro atoms. The second kappa shape index (κ2) is 7.64. The standard InChI is InChI=1S/C20H23BrN2O3S/c1-4-19(24)23-10-9-15-11-16(21)12-18(20(15)23)27(25,26)22-17-7-5-14(6-8-17)13(2)3/h5-8,11-13,22H,4,9-10H2,1-3H3. The van der Waals surface area contributed by atoms with Crippen molar-refractivity contribution >= 4 is 43.2 Å². The molecule has 5 nitrogen and oxygen atoms in total. The van der Waals surface area contributed by atoms with E-state index in [0.29, 0.717) is 41.2 Å². The molecule has 2 aromatic rings. The van der Waals surface area contributed by atoms with Gasteiger partial charge in [0.15, 0.2) is 0 Å². The first-order valence-corrected chi connectivity index (χ1v) is 11.3. The number of hydrogen-bond acceptors (Lipinski definition) is 3. The van der Waals surface area contributed by atoms with Gasteiger partial charge in [-0.25, -0.2) is 8.42 Å². The molecule has 0 atom stereocenters. The van der Waals surface area contributed by atoms with Crippen LogP contribution in [0.25, 0.3) is 0 Å². The maximum atomic E-state index is 13.1. The molecule has 0 fully saturated rings. The van der Waals surface area contributed by atoms with Crippen molar-refractivity contribution < 1.29 is 13.2 Å². The van der Waals surface area contributed by atoms with Gasteiger partial charge < -0.3 is 4.90 Å². The van der Waals surface area contributed by atoms with Crippen LogP contribution in [0.5, 0.6) is 0 Å². The van der Waals surface area contributed by atoms with Gasteiger partial charge in [0, 0.05) is 23.1 Å². The van der Waals surface area contributed by atoms with Crippen molar-refractivity contribution in [2.45, 2.75) is 44.4 Å². The van der Waals surface area contributed by atoms with Gasteiger partial charge in [-0.15, -0.1) is 0 Å². The predicted octanol–water partition coefficient (Wildman–Crippen LogP) is 4.67. The van der Waals surface area contributed by atoms with E-state index in [4.69, 9.17) is 0 Å². The van der Waals surface area contributed by atoms with Gasteiger partial charge in [0.1, 0.15) is 4.90 Å². The lowest BCUT2D eigenvalue weighted by Gasteiger charge is -2.20. The molecule has 0 saturated carbocycles. The molecule has 27 heavy (non-hydrogen) atoms. The summed E-state index contributed by atoms with van der Waals surface area (Å²) >= 11 is 3.40. The van der Waals surface area contributed by atoms with Gasteiger partial charge in [0.05, 0.1) is 5.69 Å². The van der Waals surface area contributed by atoms with E-state index in [-0.39, 0.29) is 10.8 Å². The number of fused-ring (bicyclic) bond motifs is 1. The third kappa shape index (κ3) is 4.04. The molecule has 0 aromatic heterocycles. The largest absolute Gasteiger partial charge is 0.310 e. The topological polar surface area (TPSA) is 66.5 Å². The Hall–Kier alpha value is -1.86. The van der Waals surface area contributed by atoms with Crippen molar-refractivity contribution in [3.8, 4) is 0 Å². The number of amides is 1. The Morgan fingerprint density at radius 2 is 1.89 bits per heavy atom. The molecule has 0 unspecified atom stereocenters. The van der Waals surface area contributed by atoms with Crippen molar-refractivity contribution in [3.05, 3.63) is 52.0 Å². The van der Waals surface area contributed by atoms with Crippen LogP contribution in [0, 0.1) is 0 Å². The van der Waals surface area contributed by atoms with Gasteiger partial charge in [-0.1, -0.05) is 48.8 Å². The van der Waals surface area contributed by atoms with Crippen LogP contribution in [-0.2, 0) is 21.2 Å². The zero-order chi connectivity index (χ0) is 19.8. The molecule has 1 aliphatic heterocycles. The van der Waals surface area contributed by atoms with E-state index in [1.165, 1.54) is 0 Å². The Morgan fingerprint density at radius 1 is 1.22 bits per heavy atom. The highest BCUT2D eigenvalue weighted by molar-refractivity contribution is 9.10. The first-order valence-electron chi connectivity index (χ1n) is 8.98. The number of hydrogen-bond donors (Lipinski definition) is 1. The van der Waals surface area contributed by atoms with Gasteiger partial charge in [-0.05, 0) is 47.7 Å². The van der Waals surface area contributed by atoms with E-state index < -0.39 is 10.0 Å². The Kier molecular flexibility index (Phi) is 5.63. The summed E-state index contributed by atoms with van der Waals surface area (Å²) in [5, 5.41) is 0. The maximum absolute atomic E-state index is 13.1. The number of sulfonamides is 1. The van der Waals surface area contributed by atoms with E-state index in [1.807, 2.05) is 18.2 Å². The van der Waals surface area contributed by atoms with Gasteiger partial charge in [-0.3, -0.25) is 9.52 Å². The lowest BCUT2D eigenvalue weighted by Crippen LogP contribution is -2.29. The first kappa shape index (κ1) is 19.9. The van der Waals surface area contributed by atoms with Crippen LogP contribution in [0.3, 0.4) is 0 Å². The summed E-state index contributed by atoms with van der Waals surface area (Å²) in [5.74, 6) is 0.298. The smallest absolute Gasteiger partial charge is 0.264 e. The fourth-order valence-corrected chi connectivity index (χ4v) is 5.25. The van der Waals surface area contributed by atoms with Crippen LogP contribution < -0.4 is 9.62 Å². The Balaban J connectivity index is 2.01. The van der Waals surface area contributed by atoms with Crippen molar-refractivity contribution in [2.75, 3.05) is 16.2 Å². The third-order valence-electron chi connectivity index (χ3n) is 4.72. The highest BCUT2D eigenvalue weighted by atomic mass is 79.9. The lowest BCUT2D eigenvalue weighted by molar-refractivity contribution is -0.118. The highest BCUT2D eigenvalue weighted by Gasteiger charge is 2.32. The van der Waals surface area contributed by atoms with Crippen LogP contribution in [0.4, 0.5) is 11.4 Å². The first-order chi connectivity index (χ1) is 12.7. The van der Waals surface area contributed by atoms with Gasteiger partial charge in [0.2, 0.25) is 5.91 Å². The molecule has 1 aliphatic rings. The molecule has 0 aliphatic carbocycles. The summed E-state index contributed by atoms with van der Waals surface area (Å²) in [5.41, 5.74) is 3.00. The number of carbonyl (C=O) groups excluding carboxylic acids is 1. The summed E-state index contributed by atoms with van der Waals surface area (Å²) in [6.45, 7) is 6.46. The van der Waals surface area contributed by atoms with E-state index in [1.54, 1.807) is 30.0 Å². The van der Waals surface area contributed by atoms with Crippen LogP contribution in [0.1, 0.15) is 44.2 Å². The number of nitrogens with zero attached hydrogens (tertiary/aromatic N) is 1. The summed E-state index contributed by atoms with van der Waals surface area (Å²) in [6.07, 6.45) is 0.977. The van der Waals surface area contributed by atoms with Crippen LogP contribution in [0.15, 0.2) is 45.8 Å². The van der Waals surface area contributed by atoms with Crippen molar-refractivity contribution in [1.82, 2.24) is 0 Å². The molecule has 1 amide bonds. The van der Waals surface area contributed by atoms with Crippen molar-refractivity contribution in [2.24, 2.45) is 0 Å². The summed E-state index contributed by atoms with van der Waals surface area (Å²) in [6, 6.07) is 10.8. The molecule has 7 heteroatoms. The Morgan fingerprint density at radius 3 is 2.48 bits per heavy atom. The third-order valence-corrected chi connectivity index (χ3v) is 6.57. The quantitative estimate of drug-likeness (QED) is 0.719. The molecule has 1 N–H and O–H groups in total. The minimum Gasteiger partial charge on any atom is -0.310 e. The highest BCUT2D eigenvalue weighted by Crippen LogP contribution is 2.38. The maximum Gasteiger partial charge on any atom is 0.264 e. The Labute approximate surface area is 169 Å². The summed E-state index contributed by atoms with van der Waals surface area (Å²) < 4.78 is 29.6. The summed E-state index contributed by atoms with van der Waals surface area (Å²) in [7, 11) is -3.84. The van der Waals surface area contributed by atoms with E-state index in [2.05, 4.69) is 34.5 Å². The number of rotatable bonds is 5. The van der Waals surface area contributed by atoms with Crippen molar-refractivity contribution in [3.63, 3.8) is 0 Å². The molecule has 3 rings (SSSR count). The number of anilines is 2. The fourth-order valence-electron chi connectivity index (χ4n) is 3.26. The fraction of sp³-hybridized carbons (Fsp3) is 0.350. The molecule has 1 heterocycles. The molecule has 0 bridgehead atoms. The van der Waals surface area contributed by atoms with E-state index in [9.17, 15) is 13.2 Å². The molecule has 0 radical (unpaired) electrons. The molecule has 144 valence electrons. The normalized spacial score (nSPS) is 13.7. The average molecular weight is 451 g/mol. The molecular weight excluding hydrogens is 428 g/mol. The predicted molar refractivity (Wildman–Crippen MR) is 112 cm³/mol. The second-order valence-electron chi connectivity index (χ2n) is 6.94. The zero-order valence-corrected chi connectivity index (χ0v) is 18.0. The van der Waals surface area contributed by atoms with Gasteiger partial charge >= 0.3 is 0 Å². The monoisotopic (exact) mass is 450 g/mol. The average Bonchev–Trinajstić information content (AvgIpc) is 3.04. The minimum atomic E-state index is -3.84. The van der Waals surface area contributed by atoms with E-state index >= 15 is 0 Å². The minimum absolute atomic E-state index is 0.0752. The molecular formula is C20H23BrN2O3S.